The Hall–Kier alpha value is -1.09. The average Bonchev–Trinajstić information content (AvgIpc) is 2.90. The van der Waals surface area contributed by atoms with Gasteiger partial charge in [-0.05, 0) is 32.8 Å². The first-order chi connectivity index (χ1) is 10.7. The molecule has 24 heavy (non-hydrogen) atoms. The number of amides is 1. The van der Waals surface area contributed by atoms with Crippen LogP contribution in [0.25, 0.3) is 0 Å². The van der Waals surface area contributed by atoms with Gasteiger partial charge in [0.05, 0.1) is 0 Å². The maximum absolute atomic E-state index is 12.7. The van der Waals surface area contributed by atoms with Crippen LogP contribution in [0.2, 0.25) is 0 Å². The summed E-state index contributed by atoms with van der Waals surface area (Å²) in [5.74, 6) is -0.331. The van der Waals surface area contributed by atoms with E-state index >= 15 is 0 Å². The first kappa shape index (κ1) is 21.0. The second-order valence-electron chi connectivity index (χ2n) is 6.68. The lowest BCUT2D eigenvalue weighted by Gasteiger charge is -2.25. The molecule has 1 saturated heterocycles. The molecule has 1 aliphatic heterocycles. The van der Waals surface area contributed by atoms with Crippen LogP contribution >= 0.6 is 12.4 Å². The van der Waals surface area contributed by atoms with Gasteiger partial charge in [0.1, 0.15) is 10.6 Å². The molecule has 0 saturated carbocycles. The van der Waals surface area contributed by atoms with Crippen LogP contribution in [0.5, 0.6) is 0 Å². The van der Waals surface area contributed by atoms with Crippen molar-refractivity contribution in [3.63, 3.8) is 0 Å². The SMILES string of the molecule is Cl.Cn1cc(S(=O)(=O)N2CCCCC2)cc1C(=O)NC(C)(C)CN. The lowest BCUT2D eigenvalue weighted by molar-refractivity contribution is 0.0907. The highest BCUT2D eigenvalue weighted by Gasteiger charge is 2.29. The Morgan fingerprint density at radius 2 is 1.88 bits per heavy atom. The molecule has 2 heterocycles. The molecule has 0 radical (unpaired) electrons. The number of aromatic nitrogens is 1. The molecule has 0 spiro atoms. The van der Waals surface area contributed by atoms with Crippen molar-refractivity contribution in [2.45, 2.75) is 43.5 Å². The predicted octanol–water partition coefficient (Wildman–Crippen LogP) is 1.09. The van der Waals surface area contributed by atoms with Crippen LogP contribution in [0.3, 0.4) is 0 Å². The quantitative estimate of drug-likeness (QED) is 0.801. The van der Waals surface area contributed by atoms with E-state index in [-0.39, 0.29) is 23.2 Å². The maximum Gasteiger partial charge on any atom is 0.268 e. The zero-order chi connectivity index (χ0) is 17.3. The molecule has 1 aliphatic rings. The summed E-state index contributed by atoms with van der Waals surface area (Å²) >= 11 is 0. The normalized spacial score (nSPS) is 16.5. The lowest BCUT2D eigenvalue weighted by atomic mass is 10.1. The van der Waals surface area contributed by atoms with Crippen molar-refractivity contribution in [3.05, 3.63) is 18.0 Å². The van der Waals surface area contributed by atoms with E-state index in [1.54, 1.807) is 11.6 Å². The molecule has 1 aromatic rings. The molecule has 0 aliphatic carbocycles. The number of aryl methyl sites for hydroxylation is 1. The monoisotopic (exact) mass is 378 g/mol. The second kappa shape index (κ2) is 7.86. The Morgan fingerprint density at radius 1 is 1.29 bits per heavy atom. The van der Waals surface area contributed by atoms with E-state index in [9.17, 15) is 13.2 Å². The van der Waals surface area contributed by atoms with Gasteiger partial charge < -0.3 is 15.6 Å². The van der Waals surface area contributed by atoms with Gasteiger partial charge in [-0.15, -0.1) is 12.4 Å². The number of rotatable bonds is 5. The molecule has 1 amide bonds. The van der Waals surface area contributed by atoms with Gasteiger partial charge in [-0.2, -0.15) is 4.31 Å². The van der Waals surface area contributed by atoms with Crippen LogP contribution < -0.4 is 11.1 Å². The minimum atomic E-state index is -3.54. The number of nitrogens with two attached hydrogens (primary N) is 1. The van der Waals surface area contributed by atoms with Gasteiger partial charge in [0.2, 0.25) is 10.0 Å². The molecule has 0 bridgehead atoms. The predicted molar refractivity (Wildman–Crippen MR) is 95.9 cm³/mol. The maximum atomic E-state index is 12.7. The molecular formula is C15H27ClN4O3S. The van der Waals surface area contributed by atoms with Gasteiger partial charge in [-0.3, -0.25) is 4.79 Å². The van der Waals surface area contributed by atoms with Crippen molar-refractivity contribution < 1.29 is 13.2 Å². The Labute approximate surface area is 150 Å². The zero-order valence-electron chi connectivity index (χ0n) is 14.4. The van der Waals surface area contributed by atoms with E-state index in [1.807, 2.05) is 13.8 Å². The number of nitrogens with zero attached hydrogens (tertiary/aromatic N) is 2. The molecule has 1 fully saturated rings. The van der Waals surface area contributed by atoms with Crippen LogP contribution in [0.15, 0.2) is 17.2 Å². The fraction of sp³-hybridized carbons (Fsp3) is 0.667. The summed E-state index contributed by atoms with van der Waals surface area (Å²) in [5, 5.41) is 2.81. The third-order valence-electron chi connectivity index (χ3n) is 4.13. The smallest absolute Gasteiger partial charge is 0.268 e. The van der Waals surface area contributed by atoms with Gasteiger partial charge in [-0.25, -0.2) is 8.42 Å². The largest absolute Gasteiger partial charge is 0.345 e. The van der Waals surface area contributed by atoms with E-state index < -0.39 is 15.6 Å². The summed E-state index contributed by atoms with van der Waals surface area (Å²) in [6, 6.07) is 1.44. The van der Waals surface area contributed by atoms with Gasteiger partial charge >= 0.3 is 0 Å². The van der Waals surface area contributed by atoms with Crippen molar-refractivity contribution in [3.8, 4) is 0 Å². The lowest BCUT2D eigenvalue weighted by Crippen LogP contribution is -2.49. The molecule has 0 aromatic carbocycles. The highest BCUT2D eigenvalue weighted by atomic mass is 35.5. The molecule has 7 nitrogen and oxygen atoms in total. The Bertz CT molecular complexity index is 679. The van der Waals surface area contributed by atoms with Gasteiger partial charge in [-0.1, -0.05) is 6.42 Å². The summed E-state index contributed by atoms with van der Waals surface area (Å²) in [4.78, 5) is 12.5. The first-order valence-electron chi connectivity index (χ1n) is 7.86. The zero-order valence-corrected chi connectivity index (χ0v) is 16.0. The van der Waals surface area contributed by atoms with E-state index in [2.05, 4.69) is 5.32 Å². The number of nitrogens with one attached hydrogen (secondary N) is 1. The van der Waals surface area contributed by atoms with Crippen molar-refractivity contribution in [1.29, 1.82) is 0 Å². The molecule has 0 unspecified atom stereocenters. The van der Waals surface area contributed by atoms with Crippen molar-refractivity contribution >= 4 is 28.3 Å². The van der Waals surface area contributed by atoms with Crippen LogP contribution in [0, 0.1) is 0 Å². The Morgan fingerprint density at radius 3 is 2.42 bits per heavy atom. The number of sulfonamides is 1. The van der Waals surface area contributed by atoms with Gasteiger partial charge in [0.25, 0.3) is 5.91 Å². The van der Waals surface area contributed by atoms with Crippen LogP contribution in [-0.4, -0.2) is 48.4 Å². The Balaban J connectivity index is 0.00000288. The summed E-state index contributed by atoms with van der Waals surface area (Å²) in [6.07, 6.45) is 4.31. The van der Waals surface area contributed by atoms with E-state index in [4.69, 9.17) is 5.73 Å². The van der Waals surface area contributed by atoms with Crippen molar-refractivity contribution in [2.75, 3.05) is 19.6 Å². The van der Waals surface area contributed by atoms with E-state index in [0.717, 1.165) is 19.3 Å². The molecule has 1 aromatic heterocycles. The van der Waals surface area contributed by atoms with Gasteiger partial charge in [0.15, 0.2) is 0 Å². The average molecular weight is 379 g/mol. The summed E-state index contributed by atoms with van der Waals surface area (Å²) in [6.45, 7) is 5.01. The number of carbonyl (C=O) groups excluding carboxylic acids is 1. The fourth-order valence-electron chi connectivity index (χ4n) is 2.58. The van der Waals surface area contributed by atoms with E-state index in [0.29, 0.717) is 25.3 Å². The number of piperidine rings is 1. The number of halogens is 1. The highest BCUT2D eigenvalue weighted by molar-refractivity contribution is 7.89. The Kier molecular flexibility index (Phi) is 6.86. The number of hydrogen-bond donors (Lipinski definition) is 2. The third-order valence-corrected chi connectivity index (χ3v) is 5.99. The topological polar surface area (TPSA) is 97.4 Å². The number of hydrogen-bond acceptors (Lipinski definition) is 4. The van der Waals surface area contributed by atoms with Crippen molar-refractivity contribution in [2.24, 2.45) is 12.8 Å². The first-order valence-corrected chi connectivity index (χ1v) is 9.30. The molecular weight excluding hydrogens is 352 g/mol. The van der Waals surface area contributed by atoms with Gasteiger partial charge in [0, 0.05) is 38.4 Å². The summed E-state index contributed by atoms with van der Waals surface area (Å²) in [7, 11) is -1.87. The van der Waals surface area contributed by atoms with Crippen LogP contribution in [-0.2, 0) is 17.1 Å². The number of carbonyl (C=O) groups is 1. The molecule has 138 valence electrons. The van der Waals surface area contributed by atoms with E-state index in [1.165, 1.54) is 16.6 Å². The highest BCUT2D eigenvalue weighted by Crippen LogP contribution is 2.22. The summed E-state index contributed by atoms with van der Waals surface area (Å²) in [5.41, 5.74) is 5.38. The molecule has 9 heteroatoms. The molecule has 0 atom stereocenters. The summed E-state index contributed by atoms with van der Waals surface area (Å²) < 4.78 is 28.4. The molecule has 3 N–H and O–H groups in total. The standard InChI is InChI=1S/C15H26N4O3S.ClH/c1-15(2,11-16)17-14(20)13-9-12(10-18(13)3)23(21,22)19-7-5-4-6-8-19;/h9-10H,4-8,11,16H2,1-3H3,(H,17,20);1H. The molecule has 2 rings (SSSR count). The minimum Gasteiger partial charge on any atom is -0.345 e. The third kappa shape index (κ3) is 4.50. The second-order valence-corrected chi connectivity index (χ2v) is 8.62. The van der Waals surface area contributed by atoms with Crippen LogP contribution in [0.1, 0.15) is 43.6 Å². The fourth-order valence-corrected chi connectivity index (χ4v) is 4.17. The minimum absolute atomic E-state index is 0. The van der Waals surface area contributed by atoms with Crippen LogP contribution in [0.4, 0.5) is 0 Å². The van der Waals surface area contributed by atoms with Crippen molar-refractivity contribution in [1.82, 2.24) is 14.2 Å².